The highest BCUT2D eigenvalue weighted by molar-refractivity contribution is 5.85. The van der Waals surface area contributed by atoms with Crippen LogP contribution in [-0.2, 0) is 4.79 Å². The Morgan fingerprint density at radius 2 is 1.89 bits per heavy atom. The summed E-state index contributed by atoms with van der Waals surface area (Å²) in [5, 5.41) is 13.9. The minimum atomic E-state index is -5.01. The molecule has 146 valence electrons. The number of aryl methyl sites for hydroxylation is 1. The molecule has 0 unspecified atom stereocenters. The monoisotopic (exact) mass is 383 g/mol. The Hall–Kier alpha value is -2.49. The van der Waals surface area contributed by atoms with Gasteiger partial charge in [-0.2, -0.15) is 18.3 Å². The van der Waals surface area contributed by atoms with Crippen molar-refractivity contribution in [3.8, 4) is 5.82 Å². The molecule has 0 saturated carbocycles. The fraction of sp³-hybridized carbons (Fsp3) is 0.529. The van der Waals surface area contributed by atoms with Gasteiger partial charge in [-0.05, 0) is 32.8 Å². The van der Waals surface area contributed by atoms with Crippen molar-refractivity contribution in [3.63, 3.8) is 0 Å². The van der Waals surface area contributed by atoms with Gasteiger partial charge in [0.1, 0.15) is 0 Å². The molecule has 1 N–H and O–H groups in total. The molecule has 1 amide bonds. The van der Waals surface area contributed by atoms with Gasteiger partial charge in [0, 0.05) is 30.9 Å². The van der Waals surface area contributed by atoms with Crippen LogP contribution < -0.4 is 0 Å². The zero-order valence-electron chi connectivity index (χ0n) is 14.9. The van der Waals surface area contributed by atoms with Crippen LogP contribution >= 0.6 is 0 Å². The molecular formula is C17H20F3N5O2. The molecule has 3 heterocycles. The summed E-state index contributed by atoms with van der Waals surface area (Å²) in [6, 6.07) is 1.83. The summed E-state index contributed by atoms with van der Waals surface area (Å²) < 4.78 is 40.3. The normalized spacial score (nSPS) is 18.4. The summed E-state index contributed by atoms with van der Waals surface area (Å²) in [6.45, 7) is 2.57. The van der Waals surface area contributed by atoms with Crippen LogP contribution in [0.3, 0.4) is 0 Å². The predicted octanol–water partition coefficient (Wildman–Crippen LogP) is 1.99. The zero-order chi connectivity index (χ0) is 19.8. The third kappa shape index (κ3) is 3.66. The molecule has 0 spiro atoms. The molecule has 1 aliphatic heterocycles. The van der Waals surface area contributed by atoms with Crippen LogP contribution in [0.25, 0.3) is 5.82 Å². The number of likely N-dealkylation sites (tertiary alicyclic amines) is 1. The van der Waals surface area contributed by atoms with Crippen molar-refractivity contribution in [1.82, 2.24) is 24.6 Å². The molecule has 1 aliphatic rings. The van der Waals surface area contributed by atoms with Gasteiger partial charge in [0.05, 0.1) is 18.1 Å². The summed E-state index contributed by atoms with van der Waals surface area (Å²) in [7, 11) is 0. The summed E-state index contributed by atoms with van der Waals surface area (Å²) in [6.07, 6.45) is 0.772. The highest BCUT2D eigenvalue weighted by atomic mass is 19.4. The largest absolute Gasteiger partial charge is 0.426 e. The zero-order valence-corrected chi connectivity index (χ0v) is 14.9. The first-order valence-electron chi connectivity index (χ1n) is 8.52. The summed E-state index contributed by atoms with van der Waals surface area (Å²) >= 11 is 0. The van der Waals surface area contributed by atoms with E-state index in [1.165, 1.54) is 0 Å². The first-order valence-corrected chi connectivity index (χ1v) is 8.52. The summed E-state index contributed by atoms with van der Waals surface area (Å²) in [5.74, 6) is -0.749. The van der Waals surface area contributed by atoms with E-state index in [2.05, 4.69) is 15.1 Å². The van der Waals surface area contributed by atoms with E-state index in [0.717, 1.165) is 16.3 Å². The summed E-state index contributed by atoms with van der Waals surface area (Å²) in [5.41, 5.74) is -1.74. The fourth-order valence-corrected chi connectivity index (χ4v) is 3.12. The molecule has 0 bridgehead atoms. The minimum Gasteiger partial charge on any atom is -0.373 e. The van der Waals surface area contributed by atoms with E-state index < -0.39 is 17.7 Å². The van der Waals surface area contributed by atoms with Gasteiger partial charge in [-0.25, -0.2) is 9.67 Å². The molecule has 0 radical (unpaired) electrons. The Morgan fingerprint density at radius 1 is 1.22 bits per heavy atom. The molecule has 0 aliphatic carbocycles. The number of piperidine rings is 1. The standard InChI is InChI=1S/C17H20F3N5O2/c1-11-9-22-14(10-21-11)25-13(3-6-23-25)12-4-7-24(8-5-12)15(26)16(2,27)17(18,19)20/h3,6,9-10,12,27H,4-5,7-8H2,1-2H3/t16-/m1/s1. The van der Waals surface area contributed by atoms with E-state index in [9.17, 15) is 23.1 Å². The quantitative estimate of drug-likeness (QED) is 0.876. The van der Waals surface area contributed by atoms with Crippen LogP contribution in [-0.4, -0.2) is 60.5 Å². The van der Waals surface area contributed by atoms with E-state index in [1.807, 2.05) is 13.0 Å². The van der Waals surface area contributed by atoms with Crippen molar-refractivity contribution in [3.05, 3.63) is 36.0 Å². The van der Waals surface area contributed by atoms with Crippen LogP contribution in [0, 0.1) is 6.92 Å². The Balaban J connectivity index is 1.71. The van der Waals surface area contributed by atoms with Crippen molar-refractivity contribution in [2.75, 3.05) is 13.1 Å². The number of amides is 1. The molecule has 2 aromatic rings. The van der Waals surface area contributed by atoms with E-state index in [4.69, 9.17) is 0 Å². The second kappa shape index (κ2) is 6.91. The molecule has 7 nitrogen and oxygen atoms in total. The number of carbonyl (C=O) groups excluding carboxylic acids is 1. The van der Waals surface area contributed by atoms with Crippen molar-refractivity contribution in [1.29, 1.82) is 0 Å². The molecule has 1 fully saturated rings. The number of carbonyl (C=O) groups is 1. The van der Waals surface area contributed by atoms with Crippen molar-refractivity contribution in [2.45, 2.75) is 44.4 Å². The average Bonchev–Trinajstić information content (AvgIpc) is 3.10. The lowest BCUT2D eigenvalue weighted by Crippen LogP contribution is -2.57. The van der Waals surface area contributed by atoms with Crippen molar-refractivity contribution >= 4 is 5.91 Å². The second-order valence-electron chi connectivity index (χ2n) is 6.82. The molecule has 0 aromatic carbocycles. The average molecular weight is 383 g/mol. The SMILES string of the molecule is Cc1cnc(-n2nccc2C2CCN(C(=O)[C@@](C)(O)C(F)(F)F)CC2)cn1. The van der Waals surface area contributed by atoms with Crippen LogP contribution in [0.5, 0.6) is 0 Å². The van der Waals surface area contributed by atoms with E-state index in [0.29, 0.717) is 25.6 Å². The lowest BCUT2D eigenvalue weighted by atomic mass is 9.92. The Morgan fingerprint density at radius 3 is 2.44 bits per heavy atom. The van der Waals surface area contributed by atoms with Crippen LogP contribution in [0.15, 0.2) is 24.7 Å². The molecular weight excluding hydrogens is 363 g/mol. The van der Waals surface area contributed by atoms with Gasteiger partial charge < -0.3 is 10.0 Å². The number of halogens is 3. The Kier molecular flexibility index (Phi) is 4.94. The van der Waals surface area contributed by atoms with E-state index >= 15 is 0 Å². The first-order chi connectivity index (χ1) is 12.6. The van der Waals surface area contributed by atoms with Gasteiger partial charge >= 0.3 is 6.18 Å². The number of aliphatic hydroxyl groups is 1. The lowest BCUT2D eigenvalue weighted by molar-refractivity contribution is -0.250. The number of hydrogen-bond donors (Lipinski definition) is 1. The lowest BCUT2D eigenvalue weighted by Gasteiger charge is -2.36. The van der Waals surface area contributed by atoms with Gasteiger partial charge in [-0.3, -0.25) is 9.78 Å². The number of alkyl halides is 3. The molecule has 10 heteroatoms. The topological polar surface area (TPSA) is 84.1 Å². The highest BCUT2D eigenvalue weighted by Crippen LogP contribution is 2.34. The van der Waals surface area contributed by atoms with E-state index in [-0.39, 0.29) is 19.0 Å². The highest BCUT2D eigenvalue weighted by Gasteiger charge is 2.57. The summed E-state index contributed by atoms with van der Waals surface area (Å²) in [4.78, 5) is 21.7. The Bertz CT molecular complexity index is 809. The minimum absolute atomic E-state index is 0.00971. The maximum Gasteiger partial charge on any atom is 0.426 e. The molecule has 3 rings (SSSR count). The maximum atomic E-state index is 12.9. The molecule has 1 atom stereocenters. The second-order valence-corrected chi connectivity index (χ2v) is 6.82. The molecule has 1 saturated heterocycles. The van der Waals surface area contributed by atoms with E-state index in [1.54, 1.807) is 23.3 Å². The number of hydrogen-bond acceptors (Lipinski definition) is 5. The van der Waals surface area contributed by atoms with Crippen LogP contribution in [0.4, 0.5) is 13.2 Å². The van der Waals surface area contributed by atoms with Crippen LogP contribution in [0.2, 0.25) is 0 Å². The number of rotatable bonds is 3. The van der Waals surface area contributed by atoms with Crippen molar-refractivity contribution < 1.29 is 23.1 Å². The predicted molar refractivity (Wildman–Crippen MR) is 89.1 cm³/mol. The van der Waals surface area contributed by atoms with Gasteiger partial charge in [0.2, 0.25) is 5.60 Å². The van der Waals surface area contributed by atoms with Gasteiger partial charge in [-0.1, -0.05) is 0 Å². The fourth-order valence-electron chi connectivity index (χ4n) is 3.12. The molecule has 27 heavy (non-hydrogen) atoms. The molecule has 2 aromatic heterocycles. The van der Waals surface area contributed by atoms with Gasteiger partial charge in [0.15, 0.2) is 5.82 Å². The smallest absolute Gasteiger partial charge is 0.373 e. The van der Waals surface area contributed by atoms with Crippen molar-refractivity contribution in [2.24, 2.45) is 0 Å². The van der Waals surface area contributed by atoms with Gasteiger partial charge in [0.25, 0.3) is 5.91 Å². The maximum absolute atomic E-state index is 12.9. The van der Waals surface area contributed by atoms with Crippen LogP contribution in [0.1, 0.15) is 37.1 Å². The third-order valence-electron chi connectivity index (χ3n) is 4.83. The number of aromatic nitrogens is 4. The number of nitrogens with zero attached hydrogens (tertiary/aromatic N) is 5. The Labute approximate surface area is 153 Å². The van der Waals surface area contributed by atoms with Gasteiger partial charge in [-0.15, -0.1) is 0 Å². The first kappa shape index (κ1) is 19.3. The third-order valence-corrected chi connectivity index (χ3v) is 4.83.